The molecule has 0 radical (unpaired) electrons. The molecule has 1 aliphatic heterocycles. The van der Waals surface area contributed by atoms with Crippen LogP contribution in [0.1, 0.15) is 78.6 Å². The minimum atomic E-state index is -1.27. The number of esters is 3. The van der Waals surface area contributed by atoms with Gasteiger partial charge in [-0.3, -0.25) is 14.4 Å². The van der Waals surface area contributed by atoms with E-state index in [1.807, 2.05) is 0 Å². The van der Waals surface area contributed by atoms with Gasteiger partial charge in [0.25, 0.3) is 0 Å². The van der Waals surface area contributed by atoms with Crippen molar-refractivity contribution in [3.63, 3.8) is 0 Å². The summed E-state index contributed by atoms with van der Waals surface area (Å²) in [4.78, 5) is 39.4. The Hall–Kier alpha value is -1.63. The third-order valence-corrected chi connectivity index (χ3v) is 10.6. The summed E-state index contributed by atoms with van der Waals surface area (Å²) in [6.07, 6.45) is 6.92. The lowest BCUT2D eigenvalue weighted by Crippen LogP contribution is -2.47. The van der Waals surface area contributed by atoms with Gasteiger partial charge in [0.1, 0.15) is 12.2 Å². The maximum absolute atomic E-state index is 13.3. The Morgan fingerprint density at radius 2 is 1.79 bits per heavy atom. The van der Waals surface area contributed by atoms with Gasteiger partial charge in [0, 0.05) is 11.8 Å². The van der Waals surface area contributed by atoms with Crippen molar-refractivity contribution in [1.29, 1.82) is 0 Å². The van der Waals surface area contributed by atoms with Gasteiger partial charge >= 0.3 is 17.9 Å². The summed E-state index contributed by atoms with van der Waals surface area (Å²) in [5.74, 6) is 0.689. The first-order chi connectivity index (χ1) is 16.3. The molecule has 34 heavy (non-hydrogen) atoms. The summed E-state index contributed by atoms with van der Waals surface area (Å²) in [5, 5.41) is 0. The molecule has 5 saturated carbocycles. The third-order valence-electron chi connectivity index (χ3n) is 10.6. The van der Waals surface area contributed by atoms with E-state index in [0.29, 0.717) is 36.5 Å². The molecule has 188 valence electrons. The van der Waals surface area contributed by atoms with E-state index in [1.165, 1.54) is 6.42 Å². The van der Waals surface area contributed by atoms with Gasteiger partial charge in [-0.2, -0.15) is 0 Å². The molecule has 6 fully saturated rings. The first kappa shape index (κ1) is 22.8. The van der Waals surface area contributed by atoms with Crippen LogP contribution in [0.2, 0.25) is 0 Å². The highest BCUT2D eigenvalue weighted by molar-refractivity contribution is 6.03. The van der Waals surface area contributed by atoms with E-state index in [4.69, 9.17) is 18.9 Å². The van der Waals surface area contributed by atoms with Crippen LogP contribution in [0.3, 0.4) is 0 Å². The van der Waals surface area contributed by atoms with Crippen molar-refractivity contribution in [1.82, 2.24) is 0 Å². The topological polar surface area (TPSA) is 88.1 Å². The van der Waals surface area contributed by atoms with Crippen molar-refractivity contribution in [2.75, 3.05) is 0 Å². The van der Waals surface area contributed by atoms with Crippen molar-refractivity contribution in [3.05, 3.63) is 0 Å². The van der Waals surface area contributed by atoms with Crippen LogP contribution in [0.25, 0.3) is 0 Å². The molecular formula is C27H38O7. The first-order valence-electron chi connectivity index (χ1n) is 13.6. The second-order valence-corrected chi connectivity index (χ2v) is 12.1. The smallest absolute Gasteiger partial charge is 0.326 e. The minimum Gasteiger partial charge on any atom is -0.458 e. The van der Waals surface area contributed by atoms with E-state index in [0.717, 1.165) is 38.5 Å². The lowest BCUT2D eigenvalue weighted by Gasteiger charge is -2.34. The van der Waals surface area contributed by atoms with Crippen LogP contribution >= 0.6 is 0 Å². The largest absolute Gasteiger partial charge is 0.458 e. The Morgan fingerprint density at radius 1 is 1.03 bits per heavy atom. The van der Waals surface area contributed by atoms with Gasteiger partial charge < -0.3 is 18.9 Å². The predicted molar refractivity (Wildman–Crippen MR) is 120 cm³/mol. The van der Waals surface area contributed by atoms with Gasteiger partial charge in [-0.25, -0.2) is 0 Å². The van der Waals surface area contributed by atoms with Crippen LogP contribution in [0.15, 0.2) is 0 Å². The van der Waals surface area contributed by atoms with E-state index in [-0.39, 0.29) is 29.8 Å². The molecule has 4 bridgehead atoms. The normalized spacial score (nSPS) is 47.6. The number of ether oxygens (including phenoxy) is 4. The van der Waals surface area contributed by atoms with E-state index in [1.54, 1.807) is 6.92 Å². The number of hydrogen-bond acceptors (Lipinski definition) is 7. The van der Waals surface area contributed by atoms with Gasteiger partial charge in [-0.15, -0.1) is 0 Å². The van der Waals surface area contributed by atoms with E-state index in [9.17, 15) is 14.4 Å². The summed E-state index contributed by atoms with van der Waals surface area (Å²) in [6.45, 7) is 6.28. The fraction of sp³-hybridized carbons (Fsp3) is 0.889. The number of hydrogen-bond donors (Lipinski definition) is 0. The summed E-state index contributed by atoms with van der Waals surface area (Å²) < 4.78 is 23.4. The van der Waals surface area contributed by atoms with Gasteiger partial charge in [0.15, 0.2) is 11.7 Å². The summed E-state index contributed by atoms with van der Waals surface area (Å²) in [7, 11) is 0. The standard InChI is InChI=1S/C27H38O7/c1-13-14(2)19-9-16(13)10-20(19)24(28)33-22-17-11-21-23(22)34-26(30)27(21,12-17)25(29)32-15(3)31-18-7-5-4-6-8-18/h13-23H,4-12H2,1-3H3. The number of carbonyl (C=O) groups is 3. The van der Waals surface area contributed by atoms with Gasteiger partial charge in [0.2, 0.25) is 0 Å². The van der Waals surface area contributed by atoms with Crippen molar-refractivity contribution in [2.45, 2.75) is 103 Å². The molecule has 1 saturated heterocycles. The molecule has 6 aliphatic rings. The SMILES string of the molecule is CC(OC(=O)C12CC3CC1C(OC2=O)C3OC(=O)C1CC2CC1C(C)C2C)OC1CCCCC1. The molecule has 5 aliphatic carbocycles. The van der Waals surface area contributed by atoms with E-state index in [2.05, 4.69) is 13.8 Å². The van der Waals surface area contributed by atoms with Crippen LogP contribution < -0.4 is 0 Å². The molecule has 11 atom stereocenters. The van der Waals surface area contributed by atoms with Crippen molar-refractivity contribution < 1.29 is 33.3 Å². The Balaban J connectivity index is 1.09. The Bertz CT molecular complexity index is 863. The third kappa shape index (κ3) is 3.28. The minimum absolute atomic E-state index is 0.0394. The summed E-state index contributed by atoms with van der Waals surface area (Å²) >= 11 is 0. The lowest BCUT2D eigenvalue weighted by molar-refractivity contribution is -0.200. The maximum atomic E-state index is 13.3. The number of fused-ring (bicyclic) bond motifs is 3. The van der Waals surface area contributed by atoms with Crippen molar-refractivity contribution >= 4 is 17.9 Å². The van der Waals surface area contributed by atoms with Crippen molar-refractivity contribution in [3.8, 4) is 0 Å². The Kier molecular flexibility index (Phi) is 5.51. The van der Waals surface area contributed by atoms with Crippen LogP contribution in [-0.2, 0) is 33.3 Å². The molecule has 7 heteroatoms. The molecule has 6 rings (SSSR count). The quantitative estimate of drug-likeness (QED) is 0.249. The Labute approximate surface area is 201 Å². The zero-order valence-corrected chi connectivity index (χ0v) is 20.6. The molecule has 0 N–H and O–H groups in total. The average Bonchev–Trinajstić information content (AvgIpc) is 3.58. The summed E-state index contributed by atoms with van der Waals surface area (Å²) in [5.41, 5.74) is -1.27. The Morgan fingerprint density at radius 3 is 2.50 bits per heavy atom. The van der Waals surface area contributed by atoms with Gasteiger partial charge in [-0.1, -0.05) is 33.1 Å². The molecule has 7 nitrogen and oxygen atoms in total. The highest BCUT2D eigenvalue weighted by atomic mass is 16.7. The van der Waals surface area contributed by atoms with Crippen LogP contribution in [0, 0.1) is 46.8 Å². The monoisotopic (exact) mass is 474 g/mol. The second-order valence-electron chi connectivity index (χ2n) is 12.1. The zero-order valence-electron chi connectivity index (χ0n) is 20.6. The molecule has 11 unspecified atom stereocenters. The van der Waals surface area contributed by atoms with Crippen molar-refractivity contribution in [2.24, 2.45) is 46.8 Å². The van der Waals surface area contributed by atoms with Crippen LogP contribution in [-0.4, -0.2) is 42.5 Å². The highest BCUT2D eigenvalue weighted by Gasteiger charge is 2.75. The highest BCUT2D eigenvalue weighted by Crippen LogP contribution is 2.63. The molecule has 1 heterocycles. The van der Waals surface area contributed by atoms with E-state index >= 15 is 0 Å². The van der Waals surface area contributed by atoms with Gasteiger partial charge in [-0.05, 0) is 69.1 Å². The molecule has 0 amide bonds. The second kappa shape index (κ2) is 8.21. The lowest BCUT2D eigenvalue weighted by atomic mass is 9.73. The molecule has 0 spiro atoms. The maximum Gasteiger partial charge on any atom is 0.326 e. The van der Waals surface area contributed by atoms with Gasteiger partial charge in [0.05, 0.1) is 12.0 Å². The summed E-state index contributed by atoms with van der Waals surface area (Å²) in [6, 6.07) is 0. The van der Waals surface area contributed by atoms with E-state index < -0.39 is 35.9 Å². The zero-order chi connectivity index (χ0) is 23.8. The molecule has 0 aromatic heterocycles. The molecule has 0 aromatic carbocycles. The number of carbonyl (C=O) groups excluding carboxylic acids is 3. The fourth-order valence-electron chi connectivity index (χ4n) is 8.62. The molecular weight excluding hydrogens is 436 g/mol. The number of rotatable bonds is 6. The fourth-order valence-corrected chi connectivity index (χ4v) is 8.62. The average molecular weight is 475 g/mol. The van der Waals surface area contributed by atoms with Crippen LogP contribution in [0.5, 0.6) is 0 Å². The molecule has 0 aromatic rings. The van der Waals surface area contributed by atoms with Crippen LogP contribution in [0.4, 0.5) is 0 Å². The predicted octanol–water partition coefficient (Wildman–Crippen LogP) is 4.02. The first-order valence-corrected chi connectivity index (χ1v) is 13.6.